The number of carbonyl (C=O) groups is 1. The Labute approximate surface area is 171 Å². The maximum atomic E-state index is 12.6. The summed E-state index contributed by atoms with van der Waals surface area (Å²) in [6, 6.07) is 11.9. The van der Waals surface area contributed by atoms with E-state index in [9.17, 15) is 10.1 Å². The number of aryl methyl sites for hydroxylation is 2. The van der Waals surface area contributed by atoms with E-state index in [2.05, 4.69) is 28.7 Å². The molecular weight excluding hydrogens is 362 g/mol. The molecule has 6 nitrogen and oxygen atoms in total. The molecule has 1 amide bonds. The third-order valence-electron chi connectivity index (χ3n) is 5.11. The highest BCUT2D eigenvalue weighted by Gasteiger charge is 2.15. The van der Waals surface area contributed by atoms with Crippen molar-refractivity contribution in [2.45, 2.75) is 40.8 Å². The van der Waals surface area contributed by atoms with Crippen molar-refractivity contribution >= 4 is 23.0 Å². The van der Waals surface area contributed by atoms with E-state index in [1.165, 1.54) is 0 Å². The molecule has 3 rings (SSSR count). The molecule has 2 aromatic heterocycles. The fraction of sp³-hybridized carbons (Fsp3) is 0.348. The standard InChI is InChI=1S/C23H27N5O/c1-15(2)14-28-16(3)10-18(17(28)4)11-19(12-24)23(29)25-13-22-26-20-8-6-7-9-21(20)27(22)5/h6-11,15H,13-14H2,1-5H3,(H,25,29)/b19-11+. The minimum atomic E-state index is -0.395. The number of imidazole rings is 1. The van der Waals surface area contributed by atoms with E-state index in [1.54, 1.807) is 6.08 Å². The van der Waals surface area contributed by atoms with Gasteiger partial charge >= 0.3 is 0 Å². The van der Waals surface area contributed by atoms with Crippen LogP contribution in [-0.4, -0.2) is 20.0 Å². The van der Waals surface area contributed by atoms with Gasteiger partial charge in [0.2, 0.25) is 0 Å². The Bertz CT molecular complexity index is 1120. The lowest BCUT2D eigenvalue weighted by Crippen LogP contribution is -2.25. The molecule has 0 unspecified atom stereocenters. The first-order chi connectivity index (χ1) is 13.8. The molecule has 1 N–H and O–H groups in total. The smallest absolute Gasteiger partial charge is 0.262 e. The molecule has 2 heterocycles. The highest BCUT2D eigenvalue weighted by Crippen LogP contribution is 2.20. The number of para-hydroxylation sites is 2. The minimum Gasteiger partial charge on any atom is -0.348 e. The third kappa shape index (κ3) is 4.24. The number of nitrogens with one attached hydrogen (secondary N) is 1. The first kappa shape index (κ1) is 20.4. The number of fused-ring (bicyclic) bond motifs is 1. The Morgan fingerprint density at radius 3 is 2.69 bits per heavy atom. The van der Waals surface area contributed by atoms with Crippen LogP contribution in [0, 0.1) is 31.1 Å². The molecule has 150 valence electrons. The zero-order valence-electron chi connectivity index (χ0n) is 17.7. The number of nitriles is 1. The monoisotopic (exact) mass is 389 g/mol. The van der Waals surface area contributed by atoms with Gasteiger partial charge < -0.3 is 14.5 Å². The maximum absolute atomic E-state index is 12.6. The summed E-state index contributed by atoms with van der Waals surface area (Å²) in [5, 5.41) is 12.4. The fourth-order valence-electron chi connectivity index (χ4n) is 3.53. The number of aromatic nitrogens is 3. The first-order valence-electron chi connectivity index (χ1n) is 9.78. The van der Waals surface area contributed by atoms with Gasteiger partial charge in [-0.25, -0.2) is 4.98 Å². The molecule has 0 bridgehead atoms. The molecule has 0 aliphatic carbocycles. The van der Waals surface area contributed by atoms with Crippen LogP contribution in [0.25, 0.3) is 17.1 Å². The molecule has 0 aliphatic rings. The summed E-state index contributed by atoms with van der Waals surface area (Å²) in [6.07, 6.45) is 1.67. The van der Waals surface area contributed by atoms with Crippen molar-refractivity contribution in [2.75, 3.05) is 0 Å². The number of amides is 1. The Morgan fingerprint density at radius 2 is 2.03 bits per heavy atom. The molecule has 0 aliphatic heterocycles. The van der Waals surface area contributed by atoms with Crippen molar-refractivity contribution in [1.82, 2.24) is 19.4 Å². The molecule has 6 heteroatoms. The van der Waals surface area contributed by atoms with Gasteiger partial charge in [-0.05, 0) is 49.6 Å². The zero-order valence-corrected chi connectivity index (χ0v) is 17.7. The van der Waals surface area contributed by atoms with Gasteiger partial charge in [0, 0.05) is 25.0 Å². The van der Waals surface area contributed by atoms with Crippen molar-refractivity contribution in [3.63, 3.8) is 0 Å². The van der Waals surface area contributed by atoms with Crippen LogP contribution in [0.3, 0.4) is 0 Å². The van der Waals surface area contributed by atoms with Crippen LogP contribution in [0.4, 0.5) is 0 Å². The summed E-state index contributed by atoms with van der Waals surface area (Å²) in [5.41, 5.74) is 5.07. The lowest BCUT2D eigenvalue weighted by Gasteiger charge is -2.12. The number of hydrogen-bond acceptors (Lipinski definition) is 3. The number of hydrogen-bond donors (Lipinski definition) is 1. The van der Waals surface area contributed by atoms with Gasteiger partial charge in [-0.3, -0.25) is 4.79 Å². The summed E-state index contributed by atoms with van der Waals surface area (Å²) < 4.78 is 4.17. The molecule has 29 heavy (non-hydrogen) atoms. The van der Waals surface area contributed by atoms with Crippen LogP contribution in [0.2, 0.25) is 0 Å². The second-order valence-corrected chi connectivity index (χ2v) is 7.76. The molecule has 0 fully saturated rings. The van der Waals surface area contributed by atoms with Crippen LogP contribution >= 0.6 is 0 Å². The summed E-state index contributed by atoms with van der Waals surface area (Å²) in [6.45, 7) is 9.58. The van der Waals surface area contributed by atoms with E-state index in [-0.39, 0.29) is 12.1 Å². The summed E-state index contributed by atoms with van der Waals surface area (Å²) in [7, 11) is 1.92. The zero-order chi connectivity index (χ0) is 21.1. The number of carbonyl (C=O) groups excluding carboxylic acids is 1. The van der Waals surface area contributed by atoms with Crippen LogP contribution in [-0.2, 0) is 24.9 Å². The molecular formula is C23H27N5O. The highest BCUT2D eigenvalue weighted by molar-refractivity contribution is 6.01. The third-order valence-corrected chi connectivity index (χ3v) is 5.11. The van der Waals surface area contributed by atoms with Crippen LogP contribution in [0.1, 0.15) is 36.6 Å². The van der Waals surface area contributed by atoms with Crippen molar-refractivity contribution in [1.29, 1.82) is 5.26 Å². The predicted octanol–water partition coefficient (Wildman–Crippen LogP) is 3.87. The van der Waals surface area contributed by atoms with Crippen molar-refractivity contribution in [2.24, 2.45) is 13.0 Å². The molecule has 0 saturated carbocycles. The minimum absolute atomic E-state index is 0.0913. The lowest BCUT2D eigenvalue weighted by atomic mass is 10.1. The quantitative estimate of drug-likeness (QED) is 0.514. The van der Waals surface area contributed by atoms with E-state index in [0.29, 0.717) is 5.92 Å². The topological polar surface area (TPSA) is 75.6 Å². The number of rotatable bonds is 6. The SMILES string of the molecule is Cc1cc(/C=C(\C#N)C(=O)NCc2nc3ccccc3n2C)c(C)n1CC(C)C. The normalized spacial score (nSPS) is 11.8. The van der Waals surface area contributed by atoms with Gasteiger partial charge in [-0.15, -0.1) is 0 Å². The Hall–Kier alpha value is -3.33. The van der Waals surface area contributed by atoms with Crippen LogP contribution < -0.4 is 5.32 Å². The van der Waals surface area contributed by atoms with Gasteiger partial charge in [0.1, 0.15) is 17.5 Å². The molecule has 0 atom stereocenters. The average Bonchev–Trinajstić information content (AvgIpc) is 3.15. The Balaban J connectivity index is 1.78. The lowest BCUT2D eigenvalue weighted by molar-refractivity contribution is -0.117. The molecule has 0 saturated heterocycles. The van der Waals surface area contributed by atoms with E-state index < -0.39 is 5.91 Å². The largest absolute Gasteiger partial charge is 0.348 e. The van der Waals surface area contributed by atoms with Crippen LogP contribution in [0.5, 0.6) is 0 Å². The van der Waals surface area contributed by atoms with Crippen molar-refractivity contribution in [3.8, 4) is 6.07 Å². The Morgan fingerprint density at radius 1 is 1.31 bits per heavy atom. The van der Waals surface area contributed by atoms with Gasteiger partial charge in [0.25, 0.3) is 5.91 Å². The van der Waals surface area contributed by atoms with E-state index in [4.69, 9.17) is 0 Å². The molecule has 0 radical (unpaired) electrons. The second kappa shape index (κ2) is 8.36. The fourth-order valence-corrected chi connectivity index (χ4v) is 3.53. The molecule has 0 spiro atoms. The van der Waals surface area contributed by atoms with Crippen molar-refractivity contribution in [3.05, 3.63) is 58.7 Å². The van der Waals surface area contributed by atoms with E-state index in [0.717, 1.165) is 40.4 Å². The summed E-state index contributed by atoms with van der Waals surface area (Å²) in [4.78, 5) is 17.2. The Kier molecular flexibility index (Phi) is 5.88. The predicted molar refractivity (Wildman–Crippen MR) is 115 cm³/mol. The number of nitrogens with zero attached hydrogens (tertiary/aromatic N) is 4. The second-order valence-electron chi connectivity index (χ2n) is 7.76. The average molecular weight is 390 g/mol. The van der Waals surface area contributed by atoms with Crippen LogP contribution in [0.15, 0.2) is 35.9 Å². The first-order valence-corrected chi connectivity index (χ1v) is 9.78. The van der Waals surface area contributed by atoms with Gasteiger partial charge in [0.15, 0.2) is 0 Å². The van der Waals surface area contributed by atoms with E-state index >= 15 is 0 Å². The number of benzene rings is 1. The summed E-state index contributed by atoms with van der Waals surface area (Å²) in [5.74, 6) is 0.865. The van der Waals surface area contributed by atoms with Crippen molar-refractivity contribution < 1.29 is 4.79 Å². The van der Waals surface area contributed by atoms with Gasteiger partial charge in [-0.1, -0.05) is 26.0 Å². The molecule has 3 aromatic rings. The maximum Gasteiger partial charge on any atom is 0.262 e. The highest BCUT2D eigenvalue weighted by atomic mass is 16.1. The van der Waals surface area contributed by atoms with E-state index in [1.807, 2.05) is 61.9 Å². The summed E-state index contributed by atoms with van der Waals surface area (Å²) >= 11 is 0. The molecule has 1 aromatic carbocycles. The van der Waals surface area contributed by atoms with Gasteiger partial charge in [0.05, 0.1) is 17.6 Å². The van der Waals surface area contributed by atoms with Gasteiger partial charge in [-0.2, -0.15) is 5.26 Å².